The Morgan fingerprint density at radius 2 is 2.42 bits per heavy atom. The van der Waals surface area contributed by atoms with Crippen LogP contribution in [0.25, 0.3) is 0 Å². The number of aliphatic hydroxyl groups excluding tert-OH is 1. The van der Waals surface area contributed by atoms with Gasteiger partial charge in [0, 0.05) is 35.0 Å². The largest absolute Gasteiger partial charge is 0.394 e. The second kappa shape index (κ2) is 6.29. The van der Waals surface area contributed by atoms with Crippen molar-refractivity contribution >= 4 is 11.8 Å². The number of aryl methyl sites for hydroxylation is 1. The molecule has 1 saturated carbocycles. The maximum atomic E-state index is 9.79. The zero-order valence-corrected chi connectivity index (χ0v) is 12.9. The Morgan fingerprint density at radius 3 is 3.00 bits per heavy atom. The molecule has 1 aliphatic rings. The predicted molar refractivity (Wildman–Crippen MR) is 79.4 cm³/mol. The van der Waals surface area contributed by atoms with Gasteiger partial charge < -0.3 is 10.4 Å². The predicted octanol–water partition coefficient (Wildman–Crippen LogP) is 2.18. The molecule has 19 heavy (non-hydrogen) atoms. The summed E-state index contributed by atoms with van der Waals surface area (Å²) in [5.74, 6) is 0. The highest BCUT2D eigenvalue weighted by Gasteiger charge is 2.36. The SMILES string of the molecule is CC(C)NC1(CO)CCCC(Sc2cnn(C)c2)C1. The number of nitrogens with one attached hydrogen (secondary N) is 1. The molecule has 0 radical (unpaired) electrons. The second-order valence-corrected chi connectivity index (χ2v) is 7.30. The van der Waals surface area contributed by atoms with Gasteiger partial charge in [-0.05, 0) is 19.3 Å². The number of aromatic nitrogens is 2. The van der Waals surface area contributed by atoms with Crippen LogP contribution in [0.2, 0.25) is 0 Å². The van der Waals surface area contributed by atoms with Crippen molar-refractivity contribution in [2.75, 3.05) is 6.61 Å². The summed E-state index contributed by atoms with van der Waals surface area (Å²) in [6, 6.07) is 0.411. The molecule has 1 heterocycles. The molecule has 0 amide bonds. The standard InChI is InChI=1S/C14H25N3OS/c1-11(2)16-14(10-18)6-4-5-12(7-14)19-13-8-15-17(3)9-13/h8-9,11-12,16,18H,4-7,10H2,1-3H3. The van der Waals surface area contributed by atoms with Crippen molar-refractivity contribution in [2.24, 2.45) is 7.05 Å². The first-order chi connectivity index (χ1) is 9.03. The van der Waals surface area contributed by atoms with Crippen molar-refractivity contribution < 1.29 is 5.11 Å². The lowest BCUT2D eigenvalue weighted by Crippen LogP contribution is -2.54. The van der Waals surface area contributed by atoms with E-state index in [0.717, 1.165) is 12.8 Å². The van der Waals surface area contributed by atoms with E-state index >= 15 is 0 Å². The second-order valence-electron chi connectivity index (χ2n) is 5.92. The Labute approximate surface area is 120 Å². The minimum absolute atomic E-state index is 0.0910. The summed E-state index contributed by atoms with van der Waals surface area (Å²) in [6.45, 7) is 4.53. The van der Waals surface area contributed by atoms with Crippen LogP contribution in [-0.4, -0.2) is 38.3 Å². The van der Waals surface area contributed by atoms with E-state index in [9.17, 15) is 5.11 Å². The van der Waals surface area contributed by atoms with Crippen LogP contribution in [0.15, 0.2) is 17.3 Å². The van der Waals surface area contributed by atoms with Gasteiger partial charge in [0.05, 0.1) is 12.8 Å². The smallest absolute Gasteiger partial charge is 0.0625 e. The number of thioether (sulfide) groups is 1. The van der Waals surface area contributed by atoms with Gasteiger partial charge in [0.2, 0.25) is 0 Å². The van der Waals surface area contributed by atoms with E-state index in [4.69, 9.17) is 0 Å². The van der Waals surface area contributed by atoms with Gasteiger partial charge in [-0.1, -0.05) is 20.3 Å². The Kier molecular flexibility index (Phi) is 4.92. The molecule has 1 aromatic rings. The molecule has 0 aliphatic heterocycles. The van der Waals surface area contributed by atoms with Gasteiger partial charge in [-0.15, -0.1) is 11.8 Å². The normalized spacial score (nSPS) is 27.9. The van der Waals surface area contributed by atoms with Crippen molar-refractivity contribution in [2.45, 2.75) is 61.3 Å². The van der Waals surface area contributed by atoms with Gasteiger partial charge in [0.1, 0.15) is 0 Å². The summed E-state index contributed by atoms with van der Waals surface area (Å²) in [4.78, 5) is 1.23. The fourth-order valence-electron chi connectivity index (χ4n) is 2.99. The Morgan fingerprint density at radius 1 is 1.63 bits per heavy atom. The zero-order valence-electron chi connectivity index (χ0n) is 12.1. The lowest BCUT2D eigenvalue weighted by molar-refractivity contribution is 0.115. The van der Waals surface area contributed by atoms with Crippen molar-refractivity contribution in [1.82, 2.24) is 15.1 Å². The third-order valence-corrected chi connectivity index (χ3v) is 4.90. The molecule has 5 heteroatoms. The molecule has 1 fully saturated rings. The van der Waals surface area contributed by atoms with E-state index < -0.39 is 0 Å². The van der Waals surface area contributed by atoms with Crippen LogP contribution >= 0.6 is 11.8 Å². The van der Waals surface area contributed by atoms with E-state index in [2.05, 4.69) is 30.5 Å². The molecule has 0 saturated heterocycles. The maximum absolute atomic E-state index is 9.79. The first kappa shape index (κ1) is 14.9. The van der Waals surface area contributed by atoms with E-state index in [1.165, 1.54) is 17.7 Å². The fraction of sp³-hybridized carbons (Fsp3) is 0.786. The van der Waals surface area contributed by atoms with Crippen molar-refractivity contribution in [3.8, 4) is 0 Å². The monoisotopic (exact) mass is 283 g/mol. The molecule has 1 aromatic heterocycles. The van der Waals surface area contributed by atoms with Crippen molar-refractivity contribution in [3.05, 3.63) is 12.4 Å². The highest BCUT2D eigenvalue weighted by Crippen LogP contribution is 2.38. The van der Waals surface area contributed by atoms with E-state index in [1.807, 2.05) is 29.7 Å². The summed E-state index contributed by atoms with van der Waals surface area (Å²) < 4.78 is 1.84. The van der Waals surface area contributed by atoms with E-state index in [-0.39, 0.29) is 12.1 Å². The molecule has 2 N–H and O–H groups in total. The van der Waals surface area contributed by atoms with Gasteiger partial charge in [-0.25, -0.2) is 0 Å². The van der Waals surface area contributed by atoms with Crippen LogP contribution in [0.3, 0.4) is 0 Å². The minimum atomic E-state index is -0.0910. The minimum Gasteiger partial charge on any atom is -0.394 e. The number of hydrogen-bond donors (Lipinski definition) is 2. The Balaban J connectivity index is 1.99. The van der Waals surface area contributed by atoms with E-state index in [1.54, 1.807) is 0 Å². The van der Waals surface area contributed by atoms with Crippen molar-refractivity contribution in [3.63, 3.8) is 0 Å². The first-order valence-corrected chi connectivity index (χ1v) is 7.95. The highest BCUT2D eigenvalue weighted by atomic mass is 32.2. The topological polar surface area (TPSA) is 50.1 Å². The number of nitrogens with zero attached hydrogens (tertiary/aromatic N) is 2. The number of aliphatic hydroxyl groups is 1. The quantitative estimate of drug-likeness (QED) is 0.869. The van der Waals surface area contributed by atoms with Crippen LogP contribution in [0.4, 0.5) is 0 Å². The van der Waals surface area contributed by atoms with E-state index in [0.29, 0.717) is 11.3 Å². The molecule has 0 bridgehead atoms. The van der Waals surface area contributed by atoms with Crippen LogP contribution in [0, 0.1) is 0 Å². The number of rotatable bonds is 5. The van der Waals surface area contributed by atoms with Crippen LogP contribution in [0.5, 0.6) is 0 Å². The molecule has 108 valence electrons. The van der Waals surface area contributed by atoms with Crippen LogP contribution < -0.4 is 5.32 Å². The van der Waals surface area contributed by atoms with Crippen LogP contribution in [0.1, 0.15) is 39.5 Å². The average molecular weight is 283 g/mol. The van der Waals surface area contributed by atoms with Crippen molar-refractivity contribution in [1.29, 1.82) is 0 Å². The van der Waals surface area contributed by atoms with Gasteiger partial charge in [-0.2, -0.15) is 5.10 Å². The lowest BCUT2D eigenvalue weighted by atomic mass is 9.81. The molecule has 2 atom stereocenters. The number of hydrogen-bond acceptors (Lipinski definition) is 4. The molecule has 0 aromatic carbocycles. The van der Waals surface area contributed by atoms with Gasteiger partial charge in [0.15, 0.2) is 0 Å². The summed E-state index contributed by atoms with van der Waals surface area (Å²) in [5, 5.41) is 18.2. The summed E-state index contributed by atoms with van der Waals surface area (Å²) in [5.41, 5.74) is -0.0910. The molecular weight excluding hydrogens is 258 g/mol. The van der Waals surface area contributed by atoms with Gasteiger partial charge >= 0.3 is 0 Å². The van der Waals surface area contributed by atoms with Crippen LogP contribution in [-0.2, 0) is 7.05 Å². The highest BCUT2D eigenvalue weighted by molar-refractivity contribution is 8.00. The summed E-state index contributed by atoms with van der Waals surface area (Å²) in [7, 11) is 1.95. The zero-order chi connectivity index (χ0) is 13.9. The molecule has 0 spiro atoms. The summed E-state index contributed by atoms with van der Waals surface area (Å²) >= 11 is 1.90. The molecule has 2 unspecified atom stereocenters. The first-order valence-electron chi connectivity index (χ1n) is 7.07. The summed E-state index contributed by atoms with van der Waals surface area (Å²) in [6.07, 6.45) is 8.50. The Hall–Kier alpha value is -0.520. The third kappa shape index (κ3) is 3.97. The third-order valence-electron chi connectivity index (χ3n) is 3.68. The molecule has 4 nitrogen and oxygen atoms in total. The Bertz CT molecular complexity index is 407. The maximum Gasteiger partial charge on any atom is 0.0625 e. The molecule has 2 rings (SSSR count). The lowest BCUT2D eigenvalue weighted by Gasteiger charge is -2.41. The molecular formula is C14H25N3OS. The fourth-order valence-corrected chi connectivity index (χ4v) is 4.39. The molecule has 1 aliphatic carbocycles. The van der Waals surface area contributed by atoms with Gasteiger partial charge in [-0.3, -0.25) is 4.68 Å². The average Bonchev–Trinajstić information content (AvgIpc) is 2.74. The van der Waals surface area contributed by atoms with Gasteiger partial charge in [0.25, 0.3) is 0 Å².